The zero-order valence-electron chi connectivity index (χ0n) is 17.9. The Bertz CT molecular complexity index is 1020. The van der Waals surface area contributed by atoms with E-state index in [1.54, 1.807) is 18.2 Å². The molecule has 32 heavy (non-hydrogen) atoms. The molecule has 1 amide bonds. The Hall–Kier alpha value is -2.81. The molecule has 3 N–H and O–H groups in total. The van der Waals surface area contributed by atoms with Gasteiger partial charge >= 0.3 is 0 Å². The number of nitrogens with one attached hydrogen (secondary N) is 2. The van der Waals surface area contributed by atoms with Crippen molar-refractivity contribution in [2.45, 2.75) is 62.1 Å². The number of piperidine rings is 2. The van der Waals surface area contributed by atoms with Crippen LogP contribution in [0.4, 0.5) is 14.6 Å². The van der Waals surface area contributed by atoms with Crippen molar-refractivity contribution in [3.05, 3.63) is 35.9 Å². The van der Waals surface area contributed by atoms with Crippen LogP contribution in [0, 0.1) is 0 Å². The van der Waals surface area contributed by atoms with Gasteiger partial charge in [0.15, 0.2) is 5.82 Å². The Morgan fingerprint density at radius 3 is 2.72 bits per heavy atom. The second-order valence-corrected chi connectivity index (χ2v) is 9.21. The van der Waals surface area contributed by atoms with E-state index in [4.69, 9.17) is 0 Å². The van der Waals surface area contributed by atoms with Crippen LogP contribution in [0.5, 0.6) is 5.75 Å². The molecule has 3 aliphatic heterocycles. The van der Waals surface area contributed by atoms with E-state index in [0.717, 1.165) is 12.0 Å². The van der Waals surface area contributed by atoms with Crippen LogP contribution < -0.4 is 15.5 Å². The van der Waals surface area contributed by atoms with Crippen molar-refractivity contribution in [2.24, 2.45) is 0 Å². The van der Waals surface area contributed by atoms with E-state index in [0.29, 0.717) is 42.9 Å². The maximum absolute atomic E-state index is 14.0. The quantitative estimate of drug-likeness (QED) is 0.673. The Labute approximate surface area is 185 Å². The molecule has 4 atom stereocenters. The van der Waals surface area contributed by atoms with Gasteiger partial charge in [-0.3, -0.25) is 4.79 Å². The van der Waals surface area contributed by atoms with Crippen molar-refractivity contribution in [1.82, 2.24) is 20.8 Å². The van der Waals surface area contributed by atoms with Crippen LogP contribution in [-0.4, -0.2) is 58.9 Å². The average molecular weight is 443 g/mol. The monoisotopic (exact) mass is 443 g/mol. The molecule has 3 aliphatic rings. The fraction of sp³-hybridized carbons (Fsp3) is 0.522. The molecule has 5 rings (SSSR count). The molecule has 2 bridgehead atoms. The number of aromatic nitrogens is 2. The Morgan fingerprint density at radius 1 is 1.19 bits per heavy atom. The lowest BCUT2D eigenvalue weighted by molar-refractivity contribution is -0.122. The smallest absolute Gasteiger partial charge is 0.264 e. The van der Waals surface area contributed by atoms with Gasteiger partial charge in [0.1, 0.15) is 5.75 Å². The summed E-state index contributed by atoms with van der Waals surface area (Å²) in [5.74, 6) is -1.81. The molecule has 170 valence electrons. The van der Waals surface area contributed by atoms with Gasteiger partial charge in [0, 0.05) is 44.1 Å². The van der Waals surface area contributed by atoms with E-state index in [2.05, 4.69) is 20.8 Å². The normalized spacial score (nSPS) is 28.9. The van der Waals surface area contributed by atoms with Gasteiger partial charge in [-0.05, 0) is 55.0 Å². The van der Waals surface area contributed by atoms with Crippen LogP contribution >= 0.6 is 0 Å². The summed E-state index contributed by atoms with van der Waals surface area (Å²) in [7, 11) is 1.86. The first-order valence-electron chi connectivity index (χ1n) is 11.1. The number of rotatable bonds is 4. The van der Waals surface area contributed by atoms with Gasteiger partial charge in [-0.15, -0.1) is 10.2 Å². The number of aromatic hydroxyl groups is 1. The van der Waals surface area contributed by atoms with Gasteiger partial charge in [0.2, 0.25) is 5.91 Å². The van der Waals surface area contributed by atoms with Crippen molar-refractivity contribution < 1.29 is 18.7 Å². The molecular weight excluding hydrogens is 416 g/mol. The maximum atomic E-state index is 14.0. The molecule has 1 aromatic carbocycles. The Morgan fingerprint density at radius 2 is 2.03 bits per heavy atom. The van der Waals surface area contributed by atoms with Crippen molar-refractivity contribution in [1.29, 1.82) is 0 Å². The maximum Gasteiger partial charge on any atom is 0.264 e. The number of benzene rings is 1. The molecule has 4 heterocycles. The highest BCUT2D eigenvalue weighted by Gasteiger charge is 2.53. The van der Waals surface area contributed by atoms with Crippen LogP contribution in [0.15, 0.2) is 30.3 Å². The zero-order chi connectivity index (χ0) is 22.5. The fourth-order valence-corrected chi connectivity index (χ4v) is 5.27. The SMILES string of the molecule is CN(c1ccc(-c2ccc([C@@H]3CCNC(=O)C3)cc2O)nn1)[C@@H]1C[C@H]2CC(F)(F)[C@@H](C1)N2. The average Bonchev–Trinajstić information content (AvgIpc) is 2.99. The third-order valence-corrected chi connectivity index (χ3v) is 7.11. The van der Waals surface area contributed by atoms with E-state index in [1.165, 1.54) is 0 Å². The first-order valence-corrected chi connectivity index (χ1v) is 11.1. The molecule has 0 aliphatic carbocycles. The van der Waals surface area contributed by atoms with Crippen molar-refractivity contribution in [2.75, 3.05) is 18.5 Å². The summed E-state index contributed by atoms with van der Waals surface area (Å²) in [6.07, 6.45) is 2.17. The second-order valence-electron chi connectivity index (χ2n) is 9.21. The summed E-state index contributed by atoms with van der Waals surface area (Å²) < 4.78 is 28.1. The molecule has 0 saturated carbocycles. The first kappa shape index (κ1) is 21.1. The number of alkyl halides is 2. The van der Waals surface area contributed by atoms with E-state index in [1.807, 2.05) is 24.1 Å². The highest BCUT2D eigenvalue weighted by atomic mass is 19.3. The summed E-state index contributed by atoms with van der Waals surface area (Å²) in [5.41, 5.74) is 2.03. The van der Waals surface area contributed by atoms with Crippen LogP contribution in [0.2, 0.25) is 0 Å². The molecule has 7 nitrogen and oxygen atoms in total. The molecule has 0 unspecified atom stereocenters. The number of hydrogen-bond donors (Lipinski definition) is 3. The third kappa shape index (κ3) is 3.90. The Kier molecular flexibility index (Phi) is 5.23. The van der Waals surface area contributed by atoms with E-state index >= 15 is 0 Å². The number of halogens is 2. The molecule has 3 saturated heterocycles. The molecule has 0 spiro atoms. The van der Waals surface area contributed by atoms with Gasteiger partial charge in [-0.2, -0.15) is 0 Å². The first-order chi connectivity index (χ1) is 15.3. The van der Waals surface area contributed by atoms with E-state index in [9.17, 15) is 18.7 Å². The second kappa shape index (κ2) is 7.95. The number of amides is 1. The van der Waals surface area contributed by atoms with Crippen molar-refractivity contribution in [3.8, 4) is 17.0 Å². The van der Waals surface area contributed by atoms with Gasteiger partial charge in [0.05, 0.1) is 11.7 Å². The zero-order valence-corrected chi connectivity index (χ0v) is 17.9. The van der Waals surface area contributed by atoms with Gasteiger partial charge in [0.25, 0.3) is 5.92 Å². The standard InChI is InChI=1S/C23H27F2N5O2/c1-30(16-10-15-12-23(24,25)20(11-16)27-15)21-5-4-18(28-29-21)17-3-2-13(8-19(17)31)14-6-7-26-22(32)9-14/h2-5,8,14-16,20,27,31H,6-7,9-12H2,1H3,(H,26,32)/t14-,15+,16-,20-/m1/s1. The predicted octanol–water partition coefficient (Wildman–Crippen LogP) is 2.81. The highest BCUT2D eigenvalue weighted by molar-refractivity contribution is 5.78. The Balaban J connectivity index is 1.30. The number of anilines is 1. The van der Waals surface area contributed by atoms with Crippen LogP contribution in [0.1, 0.15) is 43.6 Å². The lowest BCUT2D eigenvalue weighted by Crippen LogP contribution is -2.49. The highest BCUT2D eigenvalue weighted by Crippen LogP contribution is 2.41. The van der Waals surface area contributed by atoms with Gasteiger partial charge < -0.3 is 20.6 Å². The number of carbonyl (C=O) groups excluding carboxylic acids is 1. The topological polar surface area (TPSA) is 90.4 Å². The number of carbonyl (C=O) groups is 1. The van der Waals surface area contributed by atoms with Crippen LogP contribution in [-0.2, 0) is 4.79 Å². The van der Waals surface area contributed by atoms with Crippen molar-refractivity contribution >= 4 is 11.7 Å². The number of phenols is 1. The summed E-state index contributed by atoms with van der Waals surface area (Å²) in [6, 6.07) is 8.03. The number of hydrogen-bond acceptors (Lipinski definition) is 6. The lowest BCUT2D eigenvalue weighted by atomic mass is 9.89. The predicted molar refractivity (Wildman–Crippen MR) is 116 cm³/mol. The molecular formula is C23H27F2N5O2. The van der Waals surface area contributed by atoms with E-state index < -0.39 is 12.0 Å². The molecule has 0 radical (unpaired) electrons. The fourth-order valence-electron chi connectivity index (χ4n) is 5.27. The van der Waals surface area contributed by atoms with Gasteiger partial charge in [-0.25, -0.2) is 8.78 Å². The summed E-state index contributed by atoms with van der Waals surface area (Å²) in [5, 5.41) is 25.0. The van der Waals surface area contributed by atoms with Crippen LogP contribution in [0.25, 0.3) is 11.3 Å². The molecule has 9 heteroatoms. The third-order valence-electron chi connectivity index (χ3n) is 7.11. The number of fused-ring (bicyclic) bond motifs is 2. The summed E-state index contributed by atoms with van der Waals surface area (Å²) >= 11 is 0. The lowest BCUT2D eigenvalue weighted by Gasteiger charge is -2.36. The molecule has 3 fully saturated rings. The molecule has 2 aromatic rings. The summed E-state index contributed by atoms with van der Waals surface area (Å²) in [6.45, 7) is 0.642. The number of phenolic OH excluding ortho intramolecular Hbond substituents is 1. The largest absolute Gasteiger partial charge is 0.507 e. The van der Waals surface area contributed by atoms with Gasteiger partial charge in [-0.1, -0.05) is 6.07 Å². The minimum Gasteiger partial charge on any atom is -0.507 e. The van der Waals surface area contributed by atoms with Crippen LogP contribution in [0.3, 0.4) is 0 Å². The number of nitrogens with zero attached hydrogens (tertiary/aromatic N) is 3. The molecule has 1 aromatic heterocycles. The minimum absolute atomic E-state index is 0.0276. The van der Waals surface area contributed by atoms with Crippen molar-refractivity contribution in [3.63, 3.8) is 0 Å². The summed E-state index contributed by atoms with van der Waals surface area (Å²) in [4.78, 5) is 13.6. The van der Waals surface area contributed by atoms with E-state index in [-0.39, 0.29) is 36.1 Å². The minimum atomic E-state index is -2.65.